The van der Waals surface area contributed by atoms with E-state index in [0.29, 0.717) is 12.1 Å². The predicted octanol–water partition coefficient (Wildman–Crippen LogP) is 4.57. The summed E-state index contributed by atoms with van der Waals surface area (Å²) in [5.74, 6) is -0.309. The molecule has 39 heavy (non-hydrogen) atoms. The Morgan fingerprint density at radius 2 is 1.67 bits per heavy atom. The molecule has 8 nitrogen and oxygen atoms in total. The standard InChI is InChI=1S/C29H33N5O3S2/c1-20-8-10-23(11-9-20)39(36,37)32-25-7-5-4-6-24(25)28(35)30-12-13-33-14-16-34(17-15-33)29-31-27-22(3)18-21(2)19-26(27)38-29/h4-11,18-19,32H,12-17H2,1-3H3,(H,30,35). The Morgan fingerprint density at radius 1 is 0.949 bits per heavy atom. The number of aromatic nitrogens is 1. The number of rotatable bonds is 8. The van der Waals surface area contributed by atoms with Crippen molar-refractivity contribution >= 4 is 48.3 Å². The maximum Gasteiger partial charge on any atom is 0.261 e. The van der Waals surface area contributed by atoms with E-state index in [0.717, 1.165) is 48.9 Å². The lowest BCUT2D eigenvalue weighted by atomic mass is 10.1. The highest BCUT2D eigenvalue weighted by Crippen LogP contribution is 2.32. The van der Waals surface area contributed by atoms with E-state index in [9.17, 15) is 13.2 Å². The maximum absolute atomic E-state index is 13.0. The average Bonchev–Trinajstić information content (AvgIpc) is 3.34. The molecule has 0 atom stereocenters. The lowest BCUT2D eigenvalue weighted by molar-refractivity contribution is 0.0948. The zero-order valence-corrected chi connectivity index (χ0v) is 24.0. The first-order valence-corrected chi connectivity index (χ1v) is 15.3. The number of para-hydroxylation sites is 1. The summed E-state index contributed by atoms with van der Waals surface area (Å²) in [6, 6.07) is 17.6. The Morgan fingerprint density at radius 3 is 2.41 bits per heavy atom. The third-order valence-corrected chi connectivity index (χ3v) is 9.37. The number of thiazole rings is 1. The summed E-state index contributed by atoms with van der Waals surface area (Å²) >= 11 is 1.75. The fourth-order valence-corrected chi connectivity index (χ4v) is 7.04. The molecule has 0 aliphatic carbocycles. The van der Waals surface area contributed by atoms with Crippen LogP contribution in [-0.4, -0.2) is 63.5 Å². The molecule has 0 radical (unpaired) electrons. The van der Waals surface area contributed by atoms with Crippen molar-refractivity contribution in [2.75, 3.05) is 48.9 Å². The van der Waals surface area contributed by atoms with Crippen LogP contribution in [0.2, 0.25) is 0 Å². The first-order chi connectivity index (χ1) is 18.7. The average molecular weight is 564 g/mol. The number of anilines is 2. The molecule has 10 heteroatoms. The molecule has 0 spiro atoms. The minimum atomic E-state index is -3.81. The third kappa shape index (κ3) is 6.24. The van der Waals surface area contributed by atoms with E-state index in [-0.39, 0.29) is 16.5 Å². The number of nitrogens with one attached hydrogen (secondary N) is 2. The lowest BCUT2D eigenvalue weighted by Gasteiger charge is -2.34. The van der Waals surface area contributed by atoms with E-state index in [1.807, 2.05) is 6.92 Å². The van der Waals surface area contributed by atoms with Gasteiger partial charge in [-0.05, 0) is 62.2 Å². The molecule has 2 heterocycles. The van der Waals surface area contributed by atoms with Crippen LogP contribution in [0.25, 0.3) is 10.2 Å². The van der Waals surface area contributed by atoms with Crippen molar-refractivity contribution in [2.45, 2.75) is 25.7 Å². The van der Waals surface area contributed by atoms with Crippen molar-refractivity contribution in [2.24, 2.45) is 0 Å². The molecule has 0 bridgehead atoms. The van der Waals surface area contributed by atoms with Gasteiger partial charge in [0, 0.05) is 39.3 Å². The molecule has 1 aliphatic heterocycles. The van der Waals surface area contributed by atoms with Gasteiger partial charge in [-0.3, -0.25) is 14.4 Å². The number of hydrogen-bond acceptors (Lipinski definition) is 7. The van der Waals surface area contributed by atoms with Gasteiger partial charge in [0.2, 0.25) is 0 Å². The van der Waals surface area contributed by atoms with Gasteiger partial charge in [-0.1, -0.05) is 47.2 Å². The van der Waals surface area contributed by atoms with Crippen molar-refractivity contribution in [1.82, 2.24) is 15.2 Å². The van der Waals surface area contributed by atoms with Crippen LogP contribution in [-0.2, 0) is 10.0 Å². The highest BCUT2D eigenvalue weighted by atomic mass is 32.2. The Balaban J connectivity index is 1.14. The van der Waals surface area contributed by atoms with E-state index in [4.69, 9.17) is 4.98 Å². The number of fused-ring (bicyclic) bond motifs is 1. The SMILES string of the molecule is Cc1ccc(S(=O)(=O)Nc2ccccc2C(=O)NCCN2CCN(c3nc4c(C)cc(C)cc4s3)CC2)cc1. The number of aryl methyl sites for hydroxylation is 3. The van der Waals surface area contributed by atoms with Gasteiger partial charge < -0.3 is 10.2 Å². The summed E-state index contributed by atoms with van der Waals surface area (Å²) in [5.41, 5.74) is 5.08. The monoisotopic (exact) mass is 563 g/mol. The van der Waals surface area contributed by atoms with Crippen LogP contribution in [0.1, 0.15) is 27.0 Å². The normalized spacial score (nSPS) is 14.5. The van der Waals surface area contributed by atoms with Gasteiger partial charge in [-0.2, -0.15) is 0 Å². The van der Waals surface area contributed by atoms with Crippen LogP contribution in [0, 0.1) is 20.8 Å². The first-order valence-electron chi connectivity index (χ1n) is 13.0. The number of carbonyl (C=O) groups excluding carboxylic acids is 1. The first kappa shape index (κ1) is 27.1. The van der Waals surface area contributed by atoms with Crippen molar-refractivity contribution in [3.63, 3.8) is 0 Å². The van der Waals surface area contributed by atoms with Crippen LogP contribution in [0.3, 0.4) is 0 Å². The lowest BCUT2D eigenvalue weighted by Crippen LogP contribution is -2.48. The molecule has 0 saturated carbocycles. The van der Waals surface area contributed by atoms with Crippen LogP contribution >= 0.6 is 11.3 Å². The van der Waals surface area contributed by atoms with Gasteiger partial charge >= 0.3 is 0 Å². The van der Waals surface area contributed by atoms with Crippen LogP contribution in [0.15, 0.2) is 65.6 Å². The van der Waals surface area contributed by atoms with Crippen molar-refractivity contribution in [1.29, 1.82) is 0 Å². The third-order valence-electron chi connectivity index (χ3n) is 6.92. The number of piperazine rings is 1. The summed E-state index contributed by atoms with van der Waals surface area (Å²) in [6.45, 7) is 10.9. The summed E-state index contributed by atoms with van der Waals surface area (Å²) in [4.78, 5) is 22.7. The van der Waals surface area contributed by atoms with E-state index in [1.54, 1.807) is 59.9 Å². The fourth-order valence-electron chi connectivity index (χ4n) is 4.77. The van der Waals surface area contributed by atoms with Crippen LogP contribution in [0.5, 0.6) is 0 Å². The summed E-state index contributed by atoms with van der Waals surface area (Å²) < 4.78 is 29.5. The van der Waals surface area contributed by atoms with Gasteiger partial charge in [0.1, 0.15) is 0 Å². The summed E-state index contributed by atoms with van der Waals surface area (Å²) in [5, 5.41) is 4.02. The fraction of sp³-hybridized carbons (Fsp3) is 0.310. The van der Waals surface area contributed by atoms with Gasteiger partial charge in [0.05, 0.1) is 26.4 Å². The second-order valence-electron chi connectivity index (χ2n) is 9.97. The molecule has 1 saturated heterocycles. The molecular formula is C29H33N5O3S2. The number of carbonyl (C=O) groups is 1. The van der Waals surface area contributed by atoms with Crippen molar-refractivity contribution in [3.8, 4) is 0 Å². The van der Waals surface area contributed by atoms with Crippen LogP contribution in [0.4, 0.5) is 10.8 Å². The Bertz CT molecular complexity index is 1590. The number of amides is 1. The van der Waals surface area contributed by atoms with E-state index >= 15 is 0 Å². The zero-order chi connectivity index (χ0) is 27.6. The Kier molecular flexibility index (Phi) is 7.88. The zero-order valence-electron chi connectivity index (χ0n) is 22.4. The van der Waals surface area contributed by atoms with Gasteiger partial charge in [0.25, 0.3) is 15.9 Å². The van der Waals surface area contributed by atoms with Gasteiger partial charge in [-0.25, -0.2) is 13.4 Å². The predicted molar refractivity (Wildman–Crippen MR) is 159 cm³/mol. The number of nitrogens with zero attached hydrogens (tertiary/aromatic N) is 3. The summed E-state index contributed by atoms with van der Waals surface area (Å²) in [7, 11) is -3.81. The number of benzene rings is 3. The summed E-state index contributed by atoms with van der Waals surface area (Å²) in [6.07, 6.45) is 0. The van der Waals surface area contributed by atoms with Crippen LogP contribution < -0.4 is 14.9 Å². The molecule has 4 aromatic rings. The minimum Gasteiger partial charge on any atom is -0.351 e. The van der Waals surface area contributed by atoms with Gasteiger partial charge in [-0.15, -0.1) is 0 Å². The largest absolute Gasteiger partial charge is 0.351 e. The van der Waals surface area contributed by atoms with Crippen molar-refractivity contribution < 1.29 is 13.2 Å². The smallest absolute Gasteiger partial charge is 0.261 e. The van der Waals surface area contributed by atoms with E-state index < -0.39 is 10.0 Å². The van der Waals surface area contributed by atoms with Gasteiger partial charge in [0.15, 0.2) is 5.13 Å². The highest BCUT2D eigenvalue weighted by Gasteiger charge is 2.21. The molecule has 204 valence electrons. The Labute approximate surface area is 233 Å². The quantitative estimate of drug-likeness (QED) is 0.326. The molecule has 1 amide bonds. The maximum atomic E-state index is 13.0. The Hall–Kier alpha value is -3.47. The number of sulfonamides is 1. The molecule has 0 unspecified atom stereocenters. The van der Waals surface area contributed by atoms with Crippen molar-refractivity contribution in [3.05, 3.63) is 82.9 Å². The van der Waals surface area contributed by atoms with E-state index in [1.165, 1.54) is 15.8 Å². The molecule has 2 N–H and O–H groups in total. The molecule has 1 aromatic heterocycles. The second kappa shape index (κ2) is 11.3. The molecular weight excluding hydrogens is 530 g/mol. The second-order valence-corrected chi connectivity index (χ2v) is 12.7. The molecule has 1 aliphatic rings. The molecule has 3 aromatic carbocycles. The van der Waals surface area contributed by atoms with E-state index in [2.05, 4.69) is 45.8 Å². The molecule has 1 fully saturated rings. The number of hydrogen-bond donors (Lipinski definition) is 2. The highest BCUT2D eigenvalue weighted by molar-refractivity contribution is 7.92. The molecule has 5 rings (SSSR count). The topological polar surface area (TPSA) is 94.6 Å². The minimum absolute atomic E-state index is 0.151.